The first kappa shape index (κ1) is 13.4. The van der Waals surface area contributed by atoms with Crippen LogP contribution < -0.4 is 5.32 Å². The molecule has 7 heteroatoms. The van der Waals surface area contributed by atoms with E-state index in [1.807, 2.05) is 0 Å². The third kappa shape index (κ3) is 2.72. The van der Waals surface area contributed by atoms with Gasteiger partial charge in [-0.3, -0.25) is 4.79 Å². The Labute approximate surface area is 96.8 Å². The van der Waals surface area contributed by atoms with Gasteiger partial charge >= 0.3 is 0 Å². The van der Waals surface area contributed by atoms with E-state index in [1.165, 1.54) is 22.7 Å². The van der Waals surface area contributed by atoms with Gasteiger partial charge in [0.2, 0.25) is 5.91 Å². The second kappa shape index (κ2) is 5.11. The van der Waals surface area contributed by atoms with Crippen molar-refractivity contribution < 1.29 is 13.2 Å². The Balaban J connectivity index is 2.75. The van der Waals surface area contributed by atoms with E-state index < -0.39 is 10.2 Å². The first-order valence-electron chi connectivity index (χ1n) is 5.28. The van der Waals surface area contributed by atoms with Crippen molar-refractivity contribution in [2.24, 2.45) is 5.92 Å². The maximum Gasteiger partial charge on any atom is 0.281 e. The van der Waals surface area contributed by atoms with E-state index in [9.17, 15) is 13.2 Å². The average Bonchev–Trinajstić information content (AvgIpc) is 2.28. The molecule has 0 aromatic carbocycles. The van der Waals surface area contributed by atoms with E-state index in [0.29, 0.717) is 6.54 Å². The molecule has 1 atom stereocenters. The van der Waals surface area contributed by atoms with Gasteiger partial charge in [-0.15, -0.1) is 0 Å². The molecule has 0 aliphatic carbocycles. The molecular weight excluding hydrogens is 230 g/mol. The number of rotatable bonds is 3. The maximum absolute atomic E-state index is 11.9. The van der Waals surface area contributed by atoms with Crippen molar-refractivity contribution in [3.8, 4) is 0 Å². The summed E-state index contributed by atoms with van der Waals surface area (Å²) in [5.74, 6) is -0.313. The Bertz CT molecular complexity index is 353. The van der Waals surface area contributed by atoms with Crippen molar-refractivity contribution in [3.63, 3.8) is 0 Å². The zero-order chi connectivity index (χ0) is 12.3. The third-order valence-corrected chi connectivity index (χ3v) is 4.70. The van der Waals surface area contributed by atoms with Crippen LogP contribution in [0.3, 0.4) is 0 Å². The number of hydrogen-bond acceptors (Lipinski definition) is 3. The summed E-state index contributed by atoms with van der Waals surface area (Å²) in [5, 5.41) is 2.56. The summed E-state index contributed by atoms with van der Waals surface area (Å²) in [4.78, 5) is 11.5. The van der Waals surface area contributed by atoms with E-state index in [2.05, 4.69) is 5.32 Å². The summed E-state index contributed by atoms with van der Waals surface area (Å²) in [5.41, 5.74) is 0. The van der Waals surface area contributed by atoms with Crippen LogP contribution in [0, 0.1) is 5.92 Å². The van der Waals surface area contributed by atoms with Crippen molar-refractivity contribution in [2.75, 3.05) is 34.2 Å². The highest BCUT2D eigenvalue weighted by Gasteiger charge is 2.32. The molecule has 1 aliphatic rings. The van der Waals surface area contributed by atoms with E-state index in [4.69, 9.17) is 0 Å². The Morgan fingerprint density at radius 3 is 2.56 bits per heavy atom. The molecule has 1 heterocycles. The quantitative estimate of drug-likeness (QED) is 0.715. The fourth-order valence-electron chi connectivity index (χ4n) is 1.80. The zero-order valence-corrected chi connectivity index (χ0v) is 10.7. The molecule has 0 saturated carbocycles. The van der Waals surface area contributed by atoms with Crippen molar-refractivity contribution >= 4 is 16.1 Å². The number of piperidine rings is 1. The summed E-state index contributed by atoms with van der Waals surface area (Å²) in [6.07, 6.45) is 1.48. The molecule has 1 N–H and O–H groups in total. The highest BCUT2D eigenvalue weighted by Crippen LogP contribution is 2.20. The fourth-order valence-corrected chi connectivity index (χ4v) is 2.99. The second-order valence-corrected chi connectivity index (χ2v) is 6.24. The molecule has 0 aromatic heterocycles. The summed E-state index contributed by atoms with van der Waals surface area (Å²) in [7, 11) is 1.18. The number of carbonyl (C=O) groups is 1. The molecular formula is C9H19N3O3S. The normalized spacial score (nSPS) is 23.4. The van der Waals surface area contributed by atoms with E-state index in [1.54, 1.807) is 7.05 Å². The van der Waals surface area contributed by atoms with E-state index in [0.717, 1.165) is 12.8 Å². The van der Waals surface area contributed by atoms with Crippen LogP contribution in [0.15, 0.2) is 0 Å². The minimum atomic E-state index is -3.39. The van der Waals surface area contributed by atoms with E-state index in [-0.39, 0.29) is 18.4 Å². The van der Waals surface area contributed by atoms with Gasteiger partial charge in [-0.2, -0.15) is 17.0 Å². The van der Waals surface area contributed by atoms with Crippen LogP contribution in [0.4, 0.5) is 0 Å². The van der Waals surface area contributed by atoms with Crippen molar-refractivity contribution in [1.82, 2.24) is 13.9 Å². The predicted octanol–water partition coefficient (Wildman–Crippen LogP) is -0.749. The van der Waals surface area contributed by atoms with Gasteiger partial charge in [0.15, 0.2) is 0 Å². The predicted molar refractivity (Wildman–Crippen MR) is 61.0 cm³/mol. The molecule has 1 fully saturated rings. The molecule has 1 amide bonds. The zero-order valence-electron chi connectivity index (χ0n) is 9.93. The number of hydrogen-bond donors (Lipinski definition) is 1. The maximum atomic E-state index is 11.9. The van der Waals surface area contributed by atoms with Gasteiger partial charge in [0, 0.05) is 34.2 Å². The Morgan fingerprint density at radius 1 is 1.44 bits per heavy atom. The molecule has 94 valence electrons. The molecule has 0 spiro atoms. The van der Waals surface area contributed by atoms with Crippen molar-refractivity contribution in [2.45, 2.75) is 12.8 Å². The van der Waals surface area contributed by atoms with Gasteiger partial charge in [-0.05, 0) is 12.8 Å². The molecule has 1 saturated heterocycles. The Hall–Kier alpha value is -0.660. The second-order valence-electron chi connectivity index (χ2n) is 4.10. The molecule has 1 aliphatic heterocycles. The van der Waals surface area contributed by atoms with Crippen LogP contribution >= 0.6 is 0 Å². The largest absolute Gasteiger partial charge is 0.359 e. The molecule has 0 radical (unpaired) electrons. The first-order chi connectivity index (χ1) is 7.39. The lowest BCUT2D eigenvalue weighted by atomic mass is 9.99. The van der Waals surface area contributed by atoms with Crippen molar-refractivity contribution in [3.05, 3.63) is 0 Å². The van der Waals surface area contributed by atoms with Crippen LogP contribution in [-0.4, -0.2) is 57.2 Å². The molecule has 16 heavy (non-hydrogen) atoms. The molecule has 0 bridgehead atoms. The SMILES string of the molecule is CNC(=O)[C@@H]1CCCN(S(=O)(=O)N(C)C)C1. The lowest BCUT2D eigenvalue weighted by Gasteiger charge is -2.32. The lowest BCUT2D eigenvalue weighted by molar-refractivity contribution is -0.125. The lowest BCUT2D eigenvalue weighted by Crippen LogP contribution is -2.48. The third-order valence-electron chi connectivity index (χ3n) is 2.79. The first-order valence-corrected chi connectivity index (χ1v) is 6.68. The fraction of sp³-hybridized carbons (Fsp3) is 0.889. The van der Waals surface area contributed by atoms with Crippen LogP contribution in [0.25, 0.3) is 0 Å². The smallest absolute Gasteiger partial charge is 0.281 e. The minimum absolute atomic E-state index is 0.0846. The van der Waals surface area contributed by atoms with Gasteiger partial charge in [0.25, 0.3) is 10.2 Å². The summed E-state index contributed by atoms with van der Waals surface area (Å²) >= 11 is 0. The van der Waals surface area contributed by atoms with Crippen molar-refractivity contribution in [1.29, 1.82) is 0 Å². The number of nitrogens with one attached hydrogen (secondary N) is 1. The molecule has 6 nitrogen and oxygen atoms in total. The van der Waals surface area contributed by atoms with Gasteiger partial charge in [0.05, 0.1) is 5.92 Å². The summed E-state index contributed by atoms with van der Waals surface area (Å²) in [6, 6.07) is 0. The van der Waals surface area contributed by atoms with Crippen LogP contribution in [0.5, 0.6) is 0 Å². The monoisotopic (exact) mass is 249 g/mol. The molecule has 1 rings (SSSR count). The Kier molecular flexibility index (Phi) is 4.28. The highest BCUT2D eigenvalue weighted by molar-refractivity contribution is 7.86. The van der Waals surface area contributed by atoms with Crippen LogP contribution in [0.1, 0.15) is 12.8 Å². The van der Waals surface area contributed by atoms with Gasteiger partial charge in [-0.25, -0.2) is 0 Å². The standard InChI is InChI=1S/C9H19N3O3S/c1-10-9(13)8-5-4-6-12(7-8)16(14,15)11(2)3/h8H,4-7H2,1-3H3,(H,10,13)/t8-/m1/s1. The van der Waals surface area contributed by atoms with Gasteiger partial charge in [0.1, 0.15) is 0 Å². The molecule has 0 aromatic rings. The van der Waals surface area contributed by atoms with Crippen LogP contribution in [0.2, 0.25) is 0 Å². The summed E-state index contributed by atoms with van der Waals surface area (Å²) < 4.78 is 26.3. The van der Waals surface area contributed by atoms with E-state index >= 15 is 0 Å². The van der Waals surface area contributed by atoms with Gasteiger partial charge in [-0.1, -0.05) is 0 Å². The summed E-state index contributed by atoms with van der Waals surface area (Å²) in [6.45, 7) is 0.772. The number of nitrogens with zero attached hydrogens (tertiary/aromatic N) is 2. The molecule has 0 unspecified atom stereocenters. The Morgan fingerprint density at radius 2 is 2.06 bits per heavy atom. The minimum Gasteiger partial charge on any atom is -0.359 e. The number of amides is 1. The van der Waals surface area contributed by atoms with Gasteiger partial charge < -0.3 is 5.32 Å². The van der Waals surface area contributed by atoms with Crippen LogP contribution in [-0.2, 0) is 15.0 Å². The topological polar surface area (TPSA) is 69.7 Å². The highest BCUT2D eigenvalue weighted by atomic mass is 32.2. The number of carbonyl (C=O) groups excluding carboxylic acids is 1. The average molecular weight is 249 g/mol.